The topological polar surface area (TPSA) is 9.23 Å². The molecule has 0 heterocycles. The minimum absolute atomic E-state index is 0.897. The molecule has 132 valence electrons. The van der Waals surface area contributed by atoms with Gasteiger partial charge in [0.05, 0.1) is 12.4 Å². The fraction of sp³-hybridized carbons (Fsp3) is 0.905. The van der Waals surface area contributed by atoms with Gasteiger partial charge in [-0.1, -0.05) is 103 Å². The molecular formula is C21H42O. The maximum atomic E-state index is 5.57. The van der Waals surface area contributed by atoms with E-state index in [4.69, 9.17) is 4.74 Å². The fourth-order valence-corrected chi connectivity index (χ4v) is 2.79. The van der Waals surface area contributed by atoms with Crippen LogP contribution in [-0.4, -0.2) is 6.61 Å². The smallest absolute Gasteiger partial charge is 0.0886 e. The molecule has 0 aromatic carbocycles. The highest BCUT2D eigenvalue weighted by atomic mass is 16.5. The number of hydrogen-bond donors (Lipinski definition) is 0. The van der Waals surface area contributed by atoms with Gasteiger partial charge in [0.15, 0.2) is 0 Å². The van der Waals surface area contributed by atoms with Crippen molar-refractivity contribution in [3.8, 4) is 0 Å². The van der Waals surface area contributed by atoms with Gasteiger partial charge in [-0.3, -0.25) is 0 Å². The molecule has 0 unspecified atom stereocenters. The third-order valence-corrected chi connectivity index (χ3v) is 4.48. The van der Waals surface area contributed by atoms with E-state index in [1.165, 1.54) is 96.3 Å². The molecule has 0 radical (unpaired) electrons. The summed E-state index contributed by atoms with van der Waals surface area (Å²) in [6.07, 6.45) is 23.3. The van der Waals surface area contributed by atoms with E-state index >= 15 is 0 Å². The van der Waals surface area contributed by atoms with Gasteiger partial charge in [-0.2, -0.15) is 0 Å². The standard InChI is InChI=1S/C21H42O/c1-4-6-7-8-9-10-11-12-13-14-15-16-17-18-19-20-22-21(3)5-2/h5H,4,6-20H2,1-3H3. The van der Waals surface area contributed by atoms with Crippen LogP contribution >= 0.6 is 0 Å². The summed E-state index contributed by atoms with van der Waals surface area (Å²) in [5.41, 5.74) is 0. The van der Waals surface area contributed by atoms with Crippen LogP contribution in [0.25, 0.3) is 0 Å². The van der Waals surface area contributed by atoms with Gasteiger partial charge >= 0.3 is 0 Å². The lowest BCUT2D eigenvalue weighted by Crippen LogP contribution is -1.92. The largest absolute Gasteiger partial charge is 0.499 e. The highest BCUT2D eigenvalue weighted by Crippen LogP contribution is 2.13. The van der Waals surface area contributed by atoms with Crippen molar-refractivity contribution in [1.29, 1.82) is 0 Å². The second-order valence-corrected chi connectivity index (χ2v) is 6.70. The van der Waals surface area contributed by atoms with Crippen molar-refractivity contribution in [2.24, 2.45) is 0 Å². The molecule has 1 heteroatoms. The molecule has 0 fully saturated rings. The SMILES string of the molecule is CC=C(C)OCCCCCCCCCCCCCCCCC. The number of ether oxygens (including phenoxy) is 1. The zero-order valence-corrected chi connectivity index (χ0v) is 15.8. The first kappa shape index (κ1) is 21.5. The lowest BCUT2D eigenvalue weighted by Gasteiger charge is -2.05. The summed E-state index contributed by atoms with van der Waals surface area (Å²) in [5, 5.41) is 0. The van der Waals surface area contributed by atoms with E-state index in [1.54, 1.807) is 0 Å². The third-order valence-electron chi connectivity index (χ3n) is 4.48. The van der Waals surface area contributed by atoms with Crippen molar-refractivity contribution >= 4 is 0 Å². The van der Waals surface area contributed by atoms with Crippen molar-refractivity contribution in [2.45, 2.75) is 117 Å². The first-order valence-electron chi connectivity index (χ1n) is 10.1. The van der Waals surface area contributed by atoms with Gasteiger partial charge < -0.3 is 4.74 Å². The third kappa shape index (κ3) is 17.6. The van der Waals surface area contributed by atoms with E-state index in [0.29, 0.717) is 0 Å². The van der Waals surface area contributed by atoms with Gasteiger partial charge in [0, 0.05) is 0 Å². The number of hydrogen-bond acceptors (Lipinski definition) is 1. The van der Waals surface area contributed by atoms with Crippen LogP contribution in [0.3, 0.4) is 0 Å². The average Bonchev–Trinajstić information content (AvgIpc) is 2.54. The highest BCUT2D eigenvalue weighted by Gasteiger charge is 1.95. The maximum absolute atomic E-state index is 5.57. The molecule has 0 spiro atoms. The normalized spacial score (nSPS) is 11.9. The predicted molar refractivity (Wildman–Crippen MR) is 100 cm³/mol. The second kappa shape index (κ2) is 18.6. The Labute approximate surface area is 140 Å². The van der Waals surface area contributed by atoms with Crippen LogP contribution in [0.2, 0.25) is 0 Å². The molecule has 0 atom stereocenters. The van der Waals surface area contributed by atoms with Crippen molar-refractivity contribution in [3.63, 3.8) is 0 Å². The first-order chi connectivity index (χ1) is 10.8. The molecule has 0 saturated heterocycles. The molecule has 0 aliphatic carbocycles. The molecule has 0 amide bonds. The monoisotopic (exact) mass is 310 g/mol. The van der Waals surface area contributed by atoms with Crippen molar-refractivity contribution in [3.05, 3.63) is 11.8 Å². The van der Waals surface area contributed by atoms with Crippen molar-refractivity contribution in [2.75, 3.05) is 6.61 Å². The molecule has 0 aliphatic rings. The Morgan fingerprint density at radius 3 is 1.36 bits per heavy atom. The lowest BCUT2D eigenvalue weighted by atomic mass is 10.0. The molecule has 0 saturated carbocycles. The van der Waals surface area contributed by atoms with Crippen LogP contribution in [0.15, 0.2) is 11.8 Å². The van der Waals surface area contributed by atoms with Crippen molar-refractivity contribution in [1.82, 2.24) is 0 Å². The molecule has 0 N–H and O–H groups in total. The Balaban J connectivity index is 3.00. The molecule has 1 nitrogen and oxygen atoms in total. The minimum Gasteiger partial charge on any atom is -0.499 e. The Kier molecular flexibility index (Phi) is 18.2. The molecular weight excluding hydrogens is 268 g/mol. The molecule has 0 aliphatic heterocycles. The summed E-state index contributed by atoms with van der Waals surface area (Å²) in [5.74, 6) is 1.06. The van der Waals surface area contributed by atoms with E-state index in [-0.39, 0.29) is 0 Å². The number of allylic oxidation sites excluding steroid dienone is 2. The zero-order chi connectivity index (χ0) is 16.3. The summed E-state index contributed by atoms with van der Waals surface area (Å²) >= 11 is 0. The van der Waals surface area contributed by atoms with Gasteiger partial charge in [0.25, 0.3) is 0 Å². The molecule has 0 bridgehead atoms. The Bertz CT molecular complexity index is 232. The predicted octanol–water partition coefficient (Wildman–Crippen LogP) is 7.80. The lowest BCUT2D eigenvalue weighted by molar-refractivity contribution is 0.206. The van der Waals surface area contributed by atoms with Crippen LogP contribution < -0.4 is 0 Å². The van der Waals surface area contributed by atoms with Crippen LogP contribution in [0.1, 0.15) is 117 Å². The van der Waals surface area contributed by atoms with E-state index < -0.39 is 0 Å². The molecule has 0 aromatic rings. The minimum atomic E-state index is 0.897. The molecule has 0 rings (SSSR count). The quantitative estimate of drug-likeness (QED) is 0.197. The second-order valence-electron chi connectivity index (χ2n) is 6.70. The van der Waals surface area contributed by atoms with E-state index in [2.05, 4.69) is 6.92 Å². The summed E-state index contributed by atoms with van der Waals surface area (Å²) in [4.78, 5) is 0. The highest BCUT2D eigenvalue weighted by molar-refractivity contribution is 4.83. The van der Waals surface area contributed by atoms with Gasteiger partial charge in [-0.05, 0) is 20.3 Å². The first-order valence-corrected chi connectivity index (χ1v) is 10.1. The fourth-order valence-electron chi connectivity index (χ4n) is 2.79. The Morgan fingerprint density at radius 1 is 0.636 bits per heavy atom. The van der Waals surface area contributed by atoms with E-state index in [1.807, 2.05) is 19.9 Å². The zero-order valence-electron chi connectivity index (χ0n) is 15.8. The Morgan fingerprint density at radius 2 is 1.00 bits per heavy atom. The van der Waals surface area contributed by atoms with Crippen LogP contribution in [-0.2, 0) is 4.74 Å². The van der Waals surface area contributed by atoms with Crippen LogP contribution in [0, 0.1) is 0 Å². The van der Waals surface area contributed by atoms with Gasteiger partial charge in [0.1, 0.15) is 0 Å². The summed E-state index contributed by atoms with van der Waals surface area (Å²) in [6.45, 7) is 7.25. The summed E-state index contributed by atoms with van der Waals surface area (Å²) in [6, 6.07) is 0. The maximum Gasteiger partial charge on any atom is 0.0886 e. The van der Waals surface area contributed by atoms with Gasteiger partial charge in [0.2, 0.25) is 0 Å². The number of rotatable bonds is 17. The van der Waals surface area contributed by atoms with Gasteiger partial charge in [-0.15, -0.1) is 0 Å². The van der Waals surface area contributed by atoms with Crippen LogP contribution in [0.4, 0.5) is 0 Å². The summed E-state index contributed by atoms with van der Waals surface area (Å²) < 4.78 is 5.57. The van der Waals surface area contributed by atoms with E-state index in [0.717, 1.165) is 12.4 Å². The summed E-state index contributed by atoms with van der Waals surface area (Å²) in [7, 11) is 0. The molecule has 0 aromatic heterocycles. The van der Waals surface area contributed by atoms with E-state index in [9.17, 15) is 0 Å². The average molecular weight is 311 g/mol. The van der Waals surface area contributed by atoms with Gasteiger partial charge in [-0.25, -0.2) is 0 Å². The Hall–Kier alpha value is -0.460. The van der Waals surface area contributed by atoms with Crippen molar-refractivity contribution < 1.29 is 4.74 Å². The molecule has 22 heavy (non-hydrogen) atoms. The number of unbranched alkanes of at least 4 members (excludes halogenated alkanes) is 14. The van der Waals surface area contributed by atoms with Crippen LogP contribution in [0.5, 0.6) is 0 Å².